The molecule has 1 atom stereocenters. The van der Waals surface area contributed by atoms with Gasteiger partial charge in [0.1, 0.15) is 24.2 Å². The first-order chi connectivity index (χ1) is 16.4. The molecule has 8 heteroatoms. The second kappa shape index (κ2) is 12.0. The molecule has 0 aliphatic carbocycles. The van der Waals surface area contributed by atoms with Gasteiger partial charge in [0, 0.05) is 16.1 Å². The van der Waals surface area contributed by atoms with Crippen LogP contribution in [0.25, 0.3) is 0 Å². The summed E-state index contributed by atoms with van der Waals surface area (Å²) in [6, 6.07) is 19.3. The molecule has 0 saturated carbocycles. The van der Waals surface area contributed by atoms with Crippen LogP contribution in [0.5, 0.6) is 5.75 Å². The van der Waals surface area contributed by atoms with E-state index in [1.165, 1.54) is 24.4 Å². The summed E-state index contributed by atoms with van der Waals surface area (Å²) in [7, 11) is 0. The van der Waals surface area contributed by atoms with Gasteiger partial charge >= 0.3 is 0 Å². The van der Waals surface area contributed by atoms with E-state index in [1.54, 1.807) is 38.1 Å². The van der Waals surface area contributed by atoms with E-state index in [-0.39, 0.29) is 18.1 Å². The Morgan fingerprint density at radius 3 is 2.44 bits per heavy atom. The number of carbonyl (C=O) groups is 2. The zero-order valence-electron chi connectivity index (χ0n) is 18.8. The molecule has 2 N–H and O–H groups in total. The minimum atomic E-state index is -0.907. The van der Waals surface area contributed by atoms with Crippen LogP contribution >= 0.6 is 11.6 Å². The maximum absolute atomic E-state index is 13.9. The molecule has 3 rings (SSSR count). The molecule has 0 aliphatic heterocycles. The lowest BCUT2D eigenvalue weighted by molar-refractivity contribution is -0.123. The van der Waals surface area contributed by atoms with E-state index in [1.807, 2.05) is 30.3 Å². The summed E-state index contributed by atoms with van der Waals surface area (Å²) in [6.07, 6.45) is 1.45. The zero-order valence-corrected chi connectivity index (χ0v) is 19.6. The molecule has 176 valence electrons. The van der Waals surface area contributed by atoms with E-state index in [9.17, 15) is 14.0 Å². The molecule has 34 heavy (non-hydrogen) atoms. The standard InChI is InChI=1S/C26H25ClFN3O3/c1-17(2)24(30-25(32)20-11-5-7-13-22(20)28)26(33)31-29-15-18-9-4-8-14-23(18)34-16-19-10-3-6-12-21(19)27/h3-15,17,24H,16H2,1-2H3,(H,30,32)(H,31,33). The molecule has 0 spiro atoms. The number of hydrogen-bond donors (Lipinski definition) is 2. The van der Waals surface area contributed by atoms with Crippen LogP contribution in [0.3, 0.4) is 0 Å². The number of carbonyl (C=O) groups excluding carboxylic acids is 2. The van der Waals surface area contributed by atoms with Crippen LogP contribution in [0.4, 0.5) is 4.39 Å². The van der Waals surface area contributed by atoms with Gasteiger partial charge in [-0.15, -0.1) is 0 Å². The number of halogens is 2. The Morgan fingerprint density at radius 2 is 1.71 bits per heavy atom. The molecule has 0 saturated heterocycles. The molecular weight excluding hydrogens is 457 g/mol. The van der Waals surface area contributed by atoms with E-state index in [0.717, 1.165) is 5.56 Å². The van der Waals surface area contributed by atoms with Gasteiger partial charge in [-0.1, -0.05) is 67.9 Å². The van der Waals surface area contributed by atoms with Crippen LogP contribution in [0.15, 0.2) is 77.9 Å². The van der Waals surface area contributed by atoms with Gasteiger partial charge in [-0.2, -0.15) is 5.10 Å². The van der Waals surface area contributed by atoms with Gasteiger partial charge in [0.25, 0.3) is 11.8 Å². The molecule has 3 aromatic rings. The zero-order chi connectivity index (χ0) is 24.5. The molecule has 0 aliphatic rings. The number of amides is 2. The summed E-state index contributed by atoms with van der Waals surface area (Å²) in [5, 5.41) is 7.20. The summed E-state index contributed by atoms with van der Waals surface area (Å²) in [4.78, 5) is 25.1. The molecule has 2 amide bonds. The topological polar surface area (TPSA) is 79.8 Å². The summed E-state index contributed by atoms with van der Waals surface area (Å²) < 4.78 is 19.8. The van der Waals surface area contributed by atoms with Gasteiger partial charge in [-0.25, -0.2) is 9.82 Å². The van der Waals surface area contributed by atoms with Crippen molar-refractivity contribution in [2.75, 3.05) is 0 Å². The fourth-order valence-electron chi connectivity index (χ4n) is 3.12. The monoisotopic (exact) mass is 481 g/mol. The average Bonchev–Trinajstić information content (AvgIpc) is 2.82. The quantitative estimate of drug-likeness (QED) is 0.335. The largest absolute Gasteiger partial charge is 0.488 e. The second-order valence-electron chi connectivity index (χ2n) is 7.83. The second-order valence-corrected chi connectivity index (χ2v) is 8.23. The number of hydrazone groups is 1. The molecule has 0 radical (unpaired) electrons. The Kier molecular flexibility index (Phi) is 8.76. The van der Waals surface area contributed by atoms with Crippen molar-refractivity contribution < 1.29 is 18.7 Å². The molecular formula is C26H25ClFN3O3. The van der Waals surface area contributed by atoms with Crippen molar-refractivity contribution in [3.63, 3.8) is 0 Å². The number of nitrogens with one attached hydrogen (secondary N) is 2. The average molecular weight is 482 g/mol. The Morgan fingerprint density at radius 1 is 1.03 bits per heavy atom. The summed E-state index contributed by atoms with van der Waals surface area (Å²) in [6.45, 7) is 3.81. The minimum Gasteiger partial charge on any atom is -0.488 e. The highest BCUT2D eigenvalue weighted by Crippen LogP contribution is 2.21. The third-order valence-electron chi connectivity index (χ3n) is 4.99. The molecule has 6 nitrogen and oxygen atoms in total. The van der Waals surface area contributed by atoms with Gasteiger partial charge in [0.05, 0.1) is 11.8 Å². The number of benzene rings is 3. The van der Waals surface area contributed by atoms with Crippen molar-refractivity contribution in [1.82, 2.24) is 10.7 Å². The third-order valence-corrected chi connectivity index (χ3v) is 5.36. The molecule has 0 bridgehead atoms. The molecule has 0 heterocycles. The highest BCUT2D eigenvalue weighted by atomic mass is 35.5. The Bertz CT molecular complexity index is 1180. The highest BCUT2D eigenvalue weighted by Gasteiger charge is 2.25. The van der Waals surface area contributed by atoms with E-state index in [4.69, 9.17) is 16.3 Å². The van der Waals surface area contributed by atoms with Crippen molar-refractivity contribution in [2.24, 2.45) is 11.0 Å². The number of nitrogens with zero attached hydrogens (tertiary/aromatic N) is 1. The molecule has 0 fully saturated rings. The molecule has 1 unspecified atom stereocenters. The first-order valence-corrected chi connectivity index (χ1v) is 11.1. The summed E-state index contributed by atoms with van der Waals surface area (Å²) in [5.41, 5.74) is 3.80. The van der Waals surface area contributed by atoms with Gasteiger partial charge in [0.15, 0.2) is 0 Å². The predicted octanol–water partition coefficient (Wildman–Crippen LogP) is 4.96. The van der Waals surface area contributed by atoms with Crippen molar-refractivity contribution >= 4 is 29.6 Å². The van der Waals surface area contributed by atoms with Crippen LogP contribution in [-0.2, 0) is 11.4 Å². The van der Waals surface area contributed by atoms with E-state index in [0.29, 0.717) is 16.3 Å². The number of para-hydroxylation sites is 1. The maximum atomic E-state index is 13.9. The normalized spacial score (nSPS) is 11.9. The Balaban J connectivity index is 1.64. The number of hydrogen-bond acceptors (Lipinski definition) is 4. The third kappa shape index (κ3) is 6.65. The van der Waals surface area contributed by atoms with Gasteiger partial charge < -0.3 is 10.1 Å². The summed E-state index contributed by atoms with van der Waals surface area (Å²) in [5.74, 6) is -1.54. The lowest BCUT2D eigenvalue weighted by Gasteiger charge is -2.20. The van der Waals surface area contributed by atoms with E-state index < -0.39 is 23.7 Å². The maximum Gasteiger partial charge on any atom is 0.262 e. The van der Waals surface area contributed by atoms with Crippen LogP contribution in [-0.4, -0.2) is 24.1 Å². The van der Waals surface area contributed by atoms with E-state index in [2.05, 4.69) is 15.8 Å². The predicted molar refractivity (Wildman–Crippen MR) is 130 cm³/mol. The minimum absolute atomic E-state index is 0.131. The Hall–Kier alpha value is -3.71. The fraction of sp³-hybridized carbons (Fsp3) is 0.192. The summed E-state index contributed by atoms with van der Waals surface area (Å²) >= 11 is 6.18. The first-order valence-electron chi connectivity index (χ1n) is 10.7. The van der Waals surface area contributed by atoms with Crippen LogP contribution < -0.4 is 15.5 Å². The van der Waals surface area contributed by atoms with Crippen molar-refractivity contribution in [1.29, 1.82) is 0 Å². The smallest absolute Gasteiger partial charge is 0.262 e. The SMILES string of the molecule is CC(C)C(NC(=O)c1ccccc1F)C(=O)NN=Cc1ccccc1OCc1ccccc1Cl. The van der Waals surface area contributed by atoms with Crippen molar-refractivity contribution in [2.45, 2.75) is 26.5 Å². The van der Waals surface area contributed by atoms with Gasteiger partial charge in [-0.05, 0) is 36.2 Å². The van der Waals surface area contributed by atoms with Crippen molar-refractivity contribution in [3.05, 3.63) is 100 Å². The van der Waals surface area contributed by atoms with Crippen LogP contribution in [0.1, 0.15) is 35.3 Å². The van der Waals surface area contributed by atoms with E-state index >= 15 is 0 Å². The Labute approximate surface area is 202 Å². The van der Waals surface area contributed by atoms with Gasteiger partial charge in [-0.3, -0.25) is 9.59 Å². The number of ether oxygens (including phenoxy) is 1. The fourth-order valence-corrected chi connectivity index (χ4v) is 3.31. The number of rotatable bonds is 9. The molecule has 0 aromatic heterocycles. The highest BCUT2D eigenvalue weighted by molar-refractivity contribution is 6.31. The van der Waals surface area contributed by atoms with Gasteiger partial charge in [0.2, 0.25) is 0 Å². The lowest BCUT2D eigenvalue weighted by Crippen LogP contribution is -2.48. The molecule has 3 aromatic carbocycles. The van der Waals surface area contributed by atoms with Crippen molar-refractivity contribution in [3.8, 4) is 5.75 Å². The lowest BCUT2D eigenvalue weighted by atomic mass is 10.0. The van der Waals surface area contributed by atoms with Crippen LogP contribution in [0.2, 0.25) is 5.02 Å². The first kappa shape index (κ1) is 24.9. The van der Waals surface area contributed by atoms with Crippen LogP contribution in [0, 0.1) is 11.7 Å².